The summed E-state index contributed by atoms with van der Waals surface area (Å²) in [5.74, 6) is -0.648. The fraction of sp³-hybridized carbons (Fsp3) is 0.467. The predicted molar refractivity (Wildman–Crippen MR) is 70.4 cm³/mol. The third-order valence-corrected chi connectivity index (χ3v) is 3.56. The number of nitrogens with one attached hydrogen (secondary N) is 1. The number of benzene rings is 1. The number of hydrogen-bond donors (Lipinski definition) is 1. The third kappa shape index (κ3) is 2.05. The zero-order valence-electron chi connectivity index (χ0n) is 11.3. The fourth-order valence-corrected chi connectivity index (χ4v) is 2.48. The monoisotopic (exact) mass is 245 g/mol. The number of amides is 1. The molecule has 1 N–H and O–H groups in total. The number of rotatable bonds is 2. The van der Waals surface area contributed by atoms with Crippen LogP contribution in [-0.4, -0.2) is 17.7 Å². The Morgan fingerprint density at radius 1 is 1.17 bits per heavy atom. The molecule has 3 heteroatoms. The number of carbonyl (C=O) groups is 2. The summed E-state index contributed by atoms with van der Waals surface area (Å²) < 4.78 is 0. The molecule has 2 atom stereocenters. The van der Waals surface area contributed by atoms with E-state index in [1.165, 1.54) is 0 Å². The highest BCUT2D eigenvalue weighted by Crippen LogP contribution is 2.29. The van der Waals surface area contributed by atoms with Gasteiger partial charge in [0.15, 0.2) is 5.78 Å². The lowest BCUT2D eigenvalue weighted by atomic mass is 9.88. The zero-order chi connectivity index (χ0) is 13.4. The maximum absolute atomic E-state index is 12.3. The summed E-state index contributed by atoms with van der Waals surface area (Å²) in [5, 5.41) is 2.81. The van der Waals surface area contributed by atoms with E-state index in [2.05, 4.69) is 5.32 Å². The molecule has 0 saturated carbocycles. The molecule has 3 nitrogen and oxygen atoms in total. The van der Waals surface area contributed by atoms with Crippen molar-refractivity contribution in [2.45, 2.75) is 39.7 Å². The Labute approximate surface area is 108 Å². The Bertz CT molecular complexity index is 505. The van der Waals surface area contributed by atoms with Gasteiger partial charge in [0.25, 0.3) is 0 Å². The van der Waals surface area contributed by atoms with Crippen LogP contribution in [-0.2, 0) is 9.59 Å². The van der Waals surface area contributed by atoms with Crippen molar-refractivity contribution in [1.82, 2.24) is 5.32 Å². The minimum atomic E-state index is -0.628. The first-order chi connectivity index (χ1) is 8.41. The van der Waals surface area contributed by atoms with Crippen LogP contribution in [0.3, 0.4) is 0 Å². The van der Waals surface area contributed by atoms with E-state index >= 15 is 0 Å². The summed E-state index contributed by atoms with van der Waals surface area (Å²) >= 11 is 0. The van der Waals surface area contributed by atoms with E-state index < -0.39 is 5.92 Å². The second kappa shape index (κ2) is 4.56. The van der Waals surface area contributed by atoms with Gasteiger partial charge in [-0.15, -0.1) is 0 Å². The van der Waals surface area contributed by atoms with Gasteiger partial charge in [-0.25, -0.2) is 0 Å². The number of carbonyl (C=O) groups excluding carboxylic acids is 2. The van der Waals surface area contributed by atoms with E-state index in [9.17, 15) is 9.59 Å². The summed E-state index contributed by atoms with van der Waals surface area (Å²) in [6, 6.07) is 5.56. The number of Topliss-reactive ketones (excluding diaryl/α,β-unsaturated/α-hetero) is 1. The average Bonchev–Trinajstić information content (AvgIpc) is 2.58. The zero-order valence-corrected chi connectivity index (χ0v) is 11.3. The van der Waals surface area contributed by atoms with Gasteiger partial charge in [-0.05, 0) is 30.9 Å². The number of hydrogen-bond acceptors (Lipinski definition) is 2. The van der Waals surface area contributed by atoms with Crippen LogP contribution < -0.4 is 5.32 Å². The summed E-state index contributed by atoms with van der Waals surface area (Å²) in [6.45, 7) is 7.82. The van der Waals surface area contributed by atoms with Crippen molar-refractivity contribution in [3.05, 3.63) is 34.9 Å². The standard InChI is InChI=1S/C15H19NO2/c1-8(2)13-14(17)12(15(18)16-13)11-7-9(3)5-6-10(11)4/h5-8,12-13H,1-4H3,(H,16,18). The molecule has 0 aliphatic carbocycles. The van der Waals surface area contributed by atoms with Gasteiger partial charge in [-0.1, -0.05) is 37.6 Å². The Balaban J connectivity index is 2.42. The van der Waals surface area contributed by atoms with E-state index in [1.807, 2.05) is 45.9 Å². The molecule has 1 aliphatic rings. The minimum absolute atomic E-state index is 0.00343. The summed E-state index contributed by atoms with van der Waals surface area (Å²) in [4.78, 5) is 24.4. The Hall–Kier alpha value is -1.64. The van der Waals surface area contributed by atoms with E-state index in [-0.39, 0.29) is 23.7 Å². The molecule has 1 aliphatic heterocycles. The second-order valence-electron chi connectivity index (χ2n) is 5.43. The summed E-state index contributed by atoms with van der Waals surface area (Å²) in [5.41, 5.74) is 2.92. The van der Waals surface area contributed by atoms with E-state index in [0.717, 1.165) is 16.7 Å². The van der Waals surface area contributed by atoms with Crippen molar-refractivity contribution in [2.24, 2.45) is 5.92 Å². The molecule has 18 heavy (non-hydrogen) atoms. The Kier molecular flexibility index (Phi) is 3.24. The molecule has 0 aromatic heterocycles. The Morgan fingerprint density at radius 2 is 1.83 bits per heavy atom. The van der Waals surface area contributed by atoms with Crippen LogP contribution in [0.15, 0.2) is 18.2 Å². The molecule has 1 aromatic carbocycles. The lowest BCUT2D eigenvalue weighted by molar-refractivity contribution is -0.124. The topological polar surface area (TPSA) is 46.2 Å². The van der Waals surface area contributed by atoms with Crippen molar-refractivity contribution < 1.29 is 9.59 Å². The van der Waals surface area contributed by atoms with Crippen LogP contribution >= 0.6 is 0 Å². The third-order valence-electron chi connectivity index (χ3n) is 3.56. The molecule has 1 amide bonds. The van der Waals surface area contributed by atoms with E-state index in [4.69, 9.17) is 0 Å². The molecule has 0 radical (unpaired) electrons. The molecule has 1 saturated heterocycles. The van der Waals surface area contributed by atoms with E-state index in [0.29, 0.717) is 0 Å². The first-order valence-corrected chi connectivity index (χ1v) is 6.33. The molecular formula is C15H19NO2. The van der Waals surface area contributed by atoms with Crippen LogP contribution in [0.4, 0.5) is 0 Å². The average molecular weight is 245 g/mol. The van der Waals surface area contributed by atoms with Crippen molar-refractivity contribution in [2.75, 3.05) is 0 Å². The predicted octanol–water partition coefficient (Wildman–Crippen LogP) is 2.11. The Morgan fingerprint density at radius 3 is 2.39 bits per heavy atom. The molecule has 2 rings (SSSR count). The van der Waals surface area contributed by atoms with Gasteiger partial charge in [-0.2, -0.15) is 0 Å². The largest absolute Gasteiger partial charge is 0.345 e. The molecular weight excluding hydrogens is 226 g/mol. The molecule has 1 fully saturated rings. The van der Waals surface area contributed by atoms with Gasteiger partial charge in [0.2, 0.25) is 5.91 Å². The molecule has 1 aromatic rings. The van der Waals surface area contributed by atoms with Crippen molar-refractivity contribution in [3.8, 4) is 0 Å². The molecule has 0 bridgehead atoms. The van der Waals surface area contributed by atoms with Gasteiger partial charge in [0, 0.05) is 0 Å². The van der Waals surface area contributed by atoms with Crippen LogP contribution in [0.5, 0.6) is 0 Å². The van der Waals surface area contributed by atoms with Crippen molar-refractivity contribution in [1.29, 1.82) is 0 Å². The van der Waals surface area contributed by atoms with Crippen LogP contribution in [0, 0.1) is 19.8 Å². The summed E-state index contributed by atoms with van der Waals surface area (Å²) in [6.07, 6.45) is 0. The molecule has 1 heterocycles. The van der Waals surface area contributed by atoms with Gasteiger partial charge < -0.3 is 5.32 Å². The van der Waals surface area contributed by atoms with Gasteiger partial charge in [0.1, 0.15) is 5.92 Å². The fourth-order valence-electron chi connectivity index (χ4n) is 2.48. The maximum Gasteiger partial charge on any atom is 0.235 e. The highest BCUT2D eigenvalue weighted by atomic mass is 16.2. The molecule has 96 valence electrons. The minimum Gasteiger partial charge on any atom is -0.345 e. The maximum atomic E-state index is 12.3. The quantitative estimate of drug-likeness (QED) is 0.811. The first kappa shape index (κ1) is 12.8. The second-order valence-corrected chi connectivity index (χ2v) is 5.43. The first-order valence-electron chi connectivity index (χ1n) is 6.33. The smallest absolute Gasteiger partial charge is 0.235 e. The van der Waals surface area contributed by atoms with E-state index in [1.54, 1.807) is 0 Å². The van der Waals surface area contributed by atoms with Gasteiger partial charge >= 0.3 is 0 Å². The highest BCUT2D eigenvalue weighted by molar-refractivity contribution is 6.15. The van der Waals surface area contributed by atoms with Crippen molar-refractivity contribution >= 4 is 11.7 Å². The van der Waals surface area contributed by atoms with Gasteiger partial charge in [0.05, 0.1) is 6.04 Å². The van der Waals surface area contributed by atoms with Gasteiger partial charge in [-0.3, -0.25) is 9.59 Å². The number of ketones is 1. The SMILES string of the molecule is Cc1ccc(C)c(C2C(=O)NC(C(C)C)C2=O)c1. The normalized spacial score (nSPS) is 23.6. The lowest BCUT2D eigenvalue weighted by Gasteiger charge is -2.13. The lowest BCUT2D eigenvalue weighted by Crippen LogP contribution is -2.33. The summed E-state index contributed by atoms with van der Waals surface area (Å²) in [7, 11) is 0. The molecule has 0 spiro atoms. The molecule has 2 unspecified atom stereocenters. The highest BCUT2D eigenvalue weighted by Gasteiger charge is 2.43. The van der Waals surface area contributed by atoms with Crippen molar-refractivity contribution in [3.63, 3.8) is 0 Å². The van der Waals surface area contributed by atoms with Crippen LogP contribution in [0.25, 0.3) is 0 Å². The number of aryl methyl sites for hydroxylation is 2. The van der Waals surface area contributed by atoms with Crippen LogP contribution in [0.2, 0.25) is 0 Å². The van der Waals surface area contributed by atoms with Crippen LogP contribution in [0.1, 0.15) is 36.5 Å².